The SMILES string of the molecule is CC1CCN(C(=O)c2cn(C3CCCCC3)c(=O)c3c2c2ccccc2n3C)CC1. The molecule has 5 nitrogen and oxygen atoms in total. The summed E-state index contributed by atoms with van der Waals surface area (Å²) in [6.45, 7) is 3.86. The number of pyridine rings is 1. The van der Waals surface area contributed by atoms with E-state index in [4.69, 9.17) is 0 Å². The molecule has 1 aliphatic heterocycles. The lowest BCUT2D eigenvalue weighted by molar-refractivity contribution is 0.0698. The number of hydrogen-bond donors (Lipinski definition) is 0. The van der Waals surface area contributed by atoms with Gasteiger partial charge in [0.1, 0.15) is 5.52 Å². The van der Waals surface area contributed by atoms with Gasteiger partial charge in [0.05, 0.1) is 5.56 Å². The summed E-state index contributed by atoms with van der Waals surface area (Å²) < 4.78 is 3.88. The summed E-state index contributed by atoms with van der Waals surface area (Å²) in [5, 5.41) is 1.82. The third-order valence-electron chi connectivity index (χ3n) is 7.35. The number of fused-ring (bicyclic) bond motifs is 3. The van der Waals surface area contributed by atoms with Gasteiger partial charge in [-0.1, -0.05) is 44.4 Å². The minimum Gasteiger partial charge on any atom is -0.339 e. The molecular weight excluding hydrogens is 374 g/mol. The van der Waals surface area contributed by atoms with Crippen LogP contribution < -0.4 is 5.56 Å². The summed E-state index contributed by atoms with van der Waals surface area (Å²) in [6.07, 6.45) is 9.57. The molecule has 2 aliphatic rings. The van der Waals surface area contributed by atoms with Crippen LogP contribution in [0.2, 0.25) is 0 Å². The van der Waals surface area contributed by atoms with E-state index in [9.17, 15) is 9.59 Å². The Kier molecular flexibility index (Phi) is 4.92. The van der Waals surface area contributed by atoms with Crippen molar-refractivity contribution in [3.05, 3.63) is 46.4 Å². The second-order valence-electron chi connectivity index (χ2n) is 9.32. The number of carbonyl (C=O) groups excluding carboxylic acids is 1. The van der Waals surface area contributed by atoms with E-state index >= 15 is 0 Å². The van der Waals surface area contributed by atoms with Crippen molar-refractivity contribution < 1.29 is 4.79 Å². The van der Waals surface area contributed by atoms with Gasteiger partial charge in [-0.3, -0.25) is 9.59 Å². The lowest BCUT2D eigenvalue weighted by atomic mass is 9.94. The van der Waals surface area contributed by atoms with Crippen molar-refractivity contribution in [1.29, 1.82) is 0 Å². The predicted octanol–water partition coefficient (Wildman–Crippen LogP) is 4.87. The highest BCUT2D eigenvalue weighted by molar-refractivity contribution is 6.17. The van der Waals surface area contributed by atoms with Crippen LogP contribution in [0, 0.1) is 5.92 Å². The fraction of sp³-hybridized carbons (Fsp3) is 0.520. The zero-order valence-electron chi connectivity index (χ0n) is 18.1. The standard InChI is InChI=1S/C25H31N3O2/c1-17-12-14-27(15-13-17)24(29)20-16-28(18-8-4-3-5-9-18)25(30)23-22(20)19-10-6-7-11-21(19)26(23)2/h6-7,10-11,16-18H,3-5,8-9,12-15H2,1-2H3. The van der Waals surface area contributed by atoms with Crippen LogP contribution in [-0.4, -0.2) is 33.0 Å². The molecule has 1 aliphatic carbocycles. The Bertz CT molecular complexity index is 1160. The number of amides is 1. The van der Waals surface area contributed by atoms with Crippen LogP contribution in [0.5, 0.6) is 0 Å². The van der Waals surface area contributed by atoms with E-state index in [1.807, 2.05) is 51.5 Å². The van der Waals surface area contributed by atoms with Crippen LogP contribution in [0.3, 0.4) is 0 Å². The van der Waals surface area contributed by atoms with Gasteiger partial charge >= 0.3 is 0 Å². The molecule has 1 aromatic carbocycles. The molecule has 0 unspecified atom stereocenters. The molecule has 1 amide bonds. The molecule has 30 heavy (non-hydrogen) atoms. The minimum absolute atomic E-state index is 0.0411. The highest BCUT2D eigenvalue weighted by Crippen LogP contribution is 2.33. The Balaban J connectivity index is 1.75. The third kappa shape index (κ3) is 3.06. The van der Waals surface area contributed by atoms with Crippen molar-refractivity contribution in [3.8, 4) is 0 Å². The number of nitrogens with zero attached hydrogens (tertiary/aromatic N) is 3. The molecule has 0 N–H and O–H groups in total. The number of piperidine rings is 1. The molecule has 0 spiro atoms. The Hall–Kier alpha value is -2.56. The molecule has 2 fully saturated rings. The zero-order valence-corrected chi connectivity index (χ0v) is 18.1. The average molecular weight is 406 g/mol. The monoisotopic (exact) mass is 405 g/mol. The maximum absolute atomic E-state index is 13.7. The summed E-state index contributed by atoms with van der Waals surface area (Å²) in [5.41, 5.74) is 2.41. The van der Waals surface area contributed by atoms with E-state index in [-0.39, 0.29) is 17.5 Å². The summed E-state index contributed by atoms with van der Waals surface area (Å²) in [4.78, 5) is 29.3. The maximum atomic E-state index is 13.7. The van der Waals surface area contributed by atoms with Crippen molar-refractivity contribution in [2.75, 3.05) is 13.1 Å². The number of benzene rings is 1. The first-order chi connectivity index (χ1) is 14.6. The fourth-order valence-corrected chi connectivity index (χ4v) is 5.48. The molecule has 3 aromatic rings. The van der Waals surface area contributed by atoms with E-state index in [1.165, 1.54) is 6.42 Å². The lowest BCUT2D eigenvalue weighted by Gasteiger charge is -2.31. The second kappa shape index (κ2) is 7.60. The van der Waals surface area contributed by atoms with Gasteiger partial charge in [-0.2, -0.15) is 0 Å². The van der Waals surface area contributed by atoms with Crippen LogP contribution in [-0.2, 0) is 7.05 Å². The molecule has 0 bridgehead atoms. The minimum atomic E-state index is 0.0411. The first kappa shape index (κ1) is 19.4. The van der Waals surface area contributed by atoms with Crippen LogP contribution >= 0.6 is 0 Å². The summed E-state index contributed by atoms with van der Waals surface area (Å²) in [7, 11) is 1.95. The predicted molar refractivity (Wildman–Crippen MR) is 121 cm³/mol. The molecule has 5 heteroatoms. The molecule has 5 rings (SSSR count). The van der Waals surface area contributed by atoms with E-state index in [2.05, 4.69) is 6.92 Å². The highest BCUT2D eigenvalue weighted by Gasteiger charge is 2.28. The molecule has 1 saturated heterocycles. The van der Waals surface area contributed by atoms with Crippen molar-refractivity contribution >= 4 is 27.7 Å². The van der Waals surface area contributed by atoms with Gasteiger partial charge in [-0.15, -0.1) is 0 Å². The number of carbonyl (C=O) groups is 1. The van der Waals surface area contributed by atoms with Crippen molar-refractivity contribution in [2.24, 2.45) is 13.0 Å². The third-order valence-corrected chi connectivity index (χ3v) is 7.35. The van der Waals surface area contributed by atoms with E-state index in [0.29, 0.717) is 17.0 Å². The Labute approximate surface area is 177 Å². The van der Waals surface area contributed by atoms with Gasteiger partial charge < -0.3 is 14.0 Å². The second-order valence-corrected chi connectivity index (χ2v) is 9.32. The van der Waals surface area contributed by atoms with Crippen molar-refractivity contribution in [1.82, 2.24) is 14.0 Å². The van der Waals surface area contributed by atoms with E-state index in [0.717, 1.165) is 67.9 Å². The molecule has 0 radical (unpaired) electrons. The van der Waals surface area contributed by atoms with Gasteiger partial charge in [-0.25, -0.2) is 0 Å². The van der Waals surface area contributed by atoms with Crippen LogP contribution in [0.4, 0.5) is 0 Å². The zero-order chi connectivity index (χ0) is 20.8. The van der Waals surface area contributed by atoms with Gasteiger partial charge in [0.15, 0.2) is 0 Å². The Morgan fingerprint density at radius 3 is 2.43 bits per heavy atom. The topological polar surface area (TPSA) is 47.2 Å². The summed E-state index contributed by atoms with van der Waals surface area (Å²) >= 11 is 0. The van der Waals surface area contributed by atoms with Crippen LogP contribution in [0.1, 0.15) is 68.3 Å². The molecule has 3 heterocycles. The molecule has 0 atom stereocenters. The first-order valence-electron chi connectivity index (χ1n) is 11.5. The van der Waals surface area contributed by atoms with Crippen LogP contribution in [0.15, 0.2) is 35.3 Å². The number of hydrogen-bond acceptors (Lipinski definition) is 2. The van der Waals surface area contributed by atoms with E-state index in [1.54, 1.807) is 0 Å². The largest absolute Gasteiger partial charge is 0.339 e. The molecule has 158 valence electrons. The number of para-hydroxylation sites is 1. The fourth-order valence-electron chi connectivity index (χ4n) is 5.48. The van der Waals surface area contributed by atoms with Crippen molar-refractivity contribution in [2.45, 2.75) is 57.9 Å². The molecule has 2 aromatic heterocycles. The number of likely N-dealkylation sites (tertiary alicyclic amines) is 1. The molecule has 1 saturated carbocycles. The van der Waals surface area contributed by atoms with Gasteiger partial charge in [0.25, 0.3) is 11.5 Å². The smallest absolute Gasteiger partial charge is 0.275 e. The van der Waals surface area contributed by atoms with E-state index < -0.39 is 0 Å². The number of aryl methyl sites for hydroxylation is 1. The molecular formula is C25H31N3O2. The quantitative estimate of drug-likeness (QED) is 0.611. The Morgan fingerprint density at radius 2 is 1.70 bits per heavy atom. The maximum Gasteiger partial charge on any atom is 0.275 e. The highest BCUT2D eigenvalue weighted by atomic mass is 16.2. The Morgan fingerprint density at radius 1 is 1.00 bits per heavy atom. The van der Waals surface area contributed by atoms with Gasteiger partial charge in [-0.05, 0) is 37.7 Å². The lowest BCUT2D eigenvalue weighted by Crippen LogP contribution is -2.39. The summed E-state index contributed by atoms with van der Waals surface area (Å²) in [5.74, 6) is 0.746. The summed E-state index contributed by atoms with van der Waals surface area (Å²) in [6, 6.07) is 8.26. The first-order valence-corrected chi connectivity index (χ1v) is 11.5. The average Bonchev–Trinajstić information content (AvgIpc) is 3.08. The number of rotatable bonds is 2. The number of aromatic nitrogens is 2. The normalized spacial score (nSPS) is 19.1. The van der Waals surface area contributed by atoms with Crippen molar-refractivity contribution in [3.63, 3.8) is 0 Å². The van der Waals surface area contributed by atoms with Crippen LogP contribution in [0.25, 0.3) is 21.8 Å². The van der Waals surface area contributed by atoms with Gasteiger partial charge in [0.2, 0.25) is 0 Å². The van der Waals surface area contributed by atoms with Gasteiger partial charge in [0, 0.05) is 48.7 Å².